The van der Waals surface area contributed by atoms with Crippen molar-refractivity contribution in [3.8, 4) is 29.1 Å². The molecule has 6 aromatic carbocycles. The fraction of sp³-hybridized carbons (Fsp3) is 0.170. The molecule has 6 aromatic rings. The summed E-state index contributed by atoms with van der Waals surface area (Å²) in [7, 11) is -7.58. The second kappa shape index (κ2) is 23.1. The van der Waals surface area contributed by atoms with Gasteiger partial charge in [-0.15, -0.1) is 0 Å². The van der Waals surface area contributed by atoms with Gasteiger partial charge in [0.25, 0.3) is 20.0 Å². The monoisotopic (exact) mass is 907 g/mol. The van der Waals surface area contributed by atoms with Gasteiger partial charge < -0.3 is 29.2 Å². The highest BCUT2D eigenvalue weighted by molar-refractivity contribution is 7.93. The Labute approximate surface area is 371 Å². The Kier molecular flexibility index (Phi) is 17.1. The van der Waals surface area contributed by atoms with Crippen molar-refractivity contribution in [2.45, 2.75) is 36.0 Å². The first kappa shape index (κ1) is 47.5. The maximum absolute atomic E-state index is 12.6. The number of ether oxygens (including phenoxy) is 4. The van der Waals surface area contributed by atoms with Crippen LogP contribution in [-0.4, -0.2) is 65.4 Å². The molecule has 0 radical (unpaired) electrons. The molecule has 332 valence electrons. The number of aryl methyl sites for hydroxylation is 1. The molecule has 0 atom stereocenters. The molecule has 0 aromatic heterocycles. The van der Waals surface area contributed by atoms with E-state index in [2.05, 4.69) is 9.44 Å². The van der Waals surface area contributed by atoms with Gasteiger partial charge in [0.1, 0.15) is 60.4 Å². The predicted octanol–water partition coefficient (Wildman–Crippen LogP) is 7.58. The zero-order valence-electron chi connectivity index (χ0n) is 34.5. The lowest BCUT2D eigenvalue weighted by Gasteiger charge is -2.12. The number of nitrogens with one attached hydrogen (secondary N) is 2. The minimum Gasteiger partial charge on any atom is -0.490 e. The predicted molar refractivity (Wildman–Crippen MR) is 239 cm³/mol. The average Bonchev–Trinajstić information content (AvgIpc) is 3.28. The number of hydrogen-bond donors (Lipinski definition) is 4. The number of nitrogens with zero attached hydrogens (tertiary/aromatic N) is 1. The summed E-state index contributed by atoms with van der Waals surface area (Å²) in [6.07, 6.45) is 0.597. The van der Waals surface area contributed by atoms with E-state index < -0.39 is 32.0 Å². The van der Waals surface area contributed by atoms with Gasteiger partial charge in [0.15, 0.2) is 0 Å². The minimum absolute atomic E-state index is 0.0601. The lowest BCUT2D eigenvalue weighted by atomic mass is 10.1. The molecular weight excluding hydrogens is 863 g/mol. The molecular formula is C47H45N3O12S2. The van der Waals surface area contributed by atoms with Crippen molar-refractivity contribution in [2.75, 3.05) is 35.9 Å². The molecule has 0 amide bonds. The van der Waals surface area contributed by atoms with Gasteiger partial charge in [-0.3, -0.25) is 19.0 Å². The van der Waals surface area contributed by atoms with Gasteiger partial charge in [0.2, 0.25) is 0 Å². The summed E-state index contributed by atoms with van der Waals surface area (Å²) in [4.78, 5) is 22.0. The Balaban J connectivity index is 0.000000241. The molecule has 17 heteroatoms. The minimum atomic E-state index is -3.91. The molecule has 0 aliphatic heterocycles. The number of para-hydroxylation sites is 2. The van der Waals surface area contributed by atoms with E-state index in [0.717, 1.165) is 12.0 Å². The average molecular weight is 908 g/mol. The van der Waals surface area contributed by atoms with Crippen molar-refractivity contribution in [3.63, 3.8) is 0 Å². The van der Waals surface area contributed by atoms with Gasteiger partial charge in [-0.25, -0.2) is 16.8 Å². The molecule has 0 aliphatic carbocycles. The highest BCUT2D eigenvalue weighted by atomic mass is 32.2. The third-order valence-electron chi connectivity index (χ3n) is 9.00. The Hall–Kier alpha value is -7.55. The van der Waals surface area contributed by atoms with Crippen LogP contribution in [0.15, 0.2) is 155 Å². The van der Waals surface area contributed by atoms with E-state index in [9.17, 15) is 26.4 Å². The maximum Gasteiger partial charge on any atom is 0.307 e. The zero-order valence-corrected chi connectivity index (χ0v) is 36.2. The van der Waals surface area contributed by atoms with Gasteiger partial charge in [0.05, 0.1) is 23.3 Å². The van der Waals surface area contributed by atoms with Crippen LogP contribution in [0.1, 0.15) is 29.2 Å². The van der Waals surface area contributed by atoms with Gasteiger partial charge in [-0.1, -0.05) is 67.6 Å². The number of carbonyl (C=O) groups is 2. The summed E-state index contributed by atoms with van der Waals surface area (Å²) in [6, 6.07) is 41.3. The Morgan fingerprint density at radius 3 is 1.42 bits per heavy atom. The highest BCUT2D eigenvalue weighted by Crippen LogP contribution is 2.24. The molecule has 0 unspecified atom stereocenters. The molecule has 15 nitrogen and oxygen atoms in total. The first-order valence-electron chi connectivity index (χ1n) is 19.7. The summed E-state index contributed by atoms with van der Waals surface area (Å²) in [5, 5.41) is 27.0. The summed E-state index contributed by atoms with van der Waals surface area (Å²) >= 11 is 0. The molecule has 6 rings (SSSR count). The second-order valence-electron chi connectivity index (χ2n) is 13.6. The highest BCUT2D eigenvalue weighted by Gasteiger charge is 2.19. The first-order chi connectivity index (χ1) is 30.8. The number of nitriles is 1. The van der Waals surface area contributed by atoms with Crippen LogP contribution in [0.4, 0.5) is 11.4 Å². The van der Waals surface area contributed by atoms with Crippen molar-refractivity contribution in [2.24, 2.45) is 0 Å². The molecule has 0 spiro atoms. The van der Waals surface area contributed by atoms with Crippen LogP contribution in [0.2, 0.25) is 0 Å². The summed E-state index contributed by atoms with van der Waals surface area (Å²) in [5.74, 6) is 0.196. The van der Waals surface area contributed by atoms with Crippen molar-refractivity contribution in [1.29, 1.82) is 5.26 Å². The van der Waals surface area contributed by atoms with Crippen molar-refractivity contribution in [3.05, 3.63) is 168 Å². The van der Waals surface area contributed by atoms with E-state index in [0.29, 0.717) is 45.5 Å². The fourth-order valence-corrected chi connectivity index (χ4v) is 8.17. The van der Waals surface area contributed by atoms with Crippen molar-refractivity contribution < 1.29 is 55.6 Å². The van der Waals surface area contributed by atoms with Crippen LogP contribution in [0.25, 0.3) is 0 Å². The van der Waals surface area contributed by atoms with Crippen LogP contribution in [0.5, 0.6) is 23.0 Å². The largest absolute Gasteiger partial charge is 0.490 e. The van der Waals surface area contributed by atoms with Gasteiger partial charge in [-0.2, -0.15) is 5.26 Å². The van der Waals surface area contributed by atoms with Crippen LogP contribution >= 0.6 is 0 Å². The zero-order chi connectivity index (χ0) is 46.0. The SMILES string of the molecule is CCc1ccc(S(=O)(=O)Nc2ccc(OCCOc3ccccc3CC(=O)O)cc2)cc1.N#Cc1ccccc1S(=O)(=O)Nc1ccc(OCCOc2ccccc2CC(=O)O)cc1. The van der Waals surface area contributed by atoms with E-state index in [-0.39, 0.29) is 54.6 Å². The fourth-order valence-electron chi connectivity index (χ4n) is 5.89. The van der Waals surface area contributed by atoms with E-state index in [4.69, 9.17) is 34.4 Å². The normalized spacial score (nSPS) is 10.9. The summed E-state index contributed by atoms with van der Waals surface area (Å²) in [5.41, 5.74) is 3.06. The smallest absolute Gasteiger partial charge is 0.307 e. The van der Waals surface area contributed by atoms with E-state index in [1.165, 1.54) is 12.1 Å². The number of rotatable bonds is 21. The van der Waals surface area contributed by atoms with Crippen molar-refractivity contribution >= 4 is 43.4 Å². The Morgan fingerprint density at radius 1 is 0.547 bits per heavy atom. The number of sulfonamides is 2. The summed E-state index contributed by atoms with van der Waals surface area (Å²) in [6.45, 7) is 2.91. The van der Waals surface area contributed by atoms with Crippen LogP contribution in [0, 0.1) is 11.3 Å². The number of aliphatic carboxylic acids is 2. The molecule has 4 N–H and O–H groups in total. The first-order valence-corrected chi connectivity index (χ1v) is 22.7. The van der Waals surface area contributed by atoms with Gasteiger partial charge >= 0.3 is 11.9 Å². The summed E-state index contributed by atoms with van der Waals surface area (Å²) < 4.78 is 77.6. The molecule has 0 aliphatic rings. The van der Waals surface area contributed by atoms with Gasteiger partial charge in [-0.05, 0) is 96.9 Å². The standard InChI is InChI=1S/C24H25NO6S.C23H20N2O6S/c1-2-18-7-13-22(14-8-18)32(28,29)25-20-9-11-21(12-10-20)30-15-16-31-23-6-4-3-5-19(23)17-24(26)27;24-16-18-6-2-4-8-22(18)32(28,29)25-19-9-11-20(12-10-19)30-13-14-31-21-7-3-1-5-17(21)15-23(26)27/h3-14,25H,2,15-17H2,1H3,(H,26,27);1-12,25H,13-15H2,(H,26,27). The topological polar surface area (TPSA) is 228 Å². The van der Waals surface area contributed by atoms with Crippen molar-refractivity contribution in [1.82, 2.24) is 0 Å². The quantitative estimate of drug-likeness (QED) is 0.0512. The molecule has 0 saturated heterocycles. The Bertz CT molecular complexity index is 2760. The Morgan fingerprint density at radius 2 is 0.969 bits per heavy atom. The molecule has 0 heterocycles. The van der Waals surface area contributed by atoms with Crippen LogP contribution in [0.3, 0.4) is 0 Å². The maximum atomic E-state index is 12.6. The number of anilines is 2. The van der Waals surface area contributed by atoms with E-state index in [1.807, 2.05) is 13.0 Å². The van der Waals surface area contributed by atoms with E-state index >= 15 is 0 Å². The molecule has 0 bridgehead atoms. The lowest BCUT2D eigenvalue weighted by molar-refractivity contribution is -0.137. The number of benzene rings is 6. The molecule has 0 saturated carbocycles. The van der Waals surface area contributed by atoms with Crippen LogP contribution in [-0.2, 0) is 48.9 Å². The number of carboxylic acid groups (broad SMARTS) is 2. The van der Waals surface area contributed by atoms with E-state index in [1.54, 1.807) is 133 Å². The molecule has 0 fully saturated rings. The van der Waals surface area contributed by atoms with Crippen LogP contribution < -0.4 is 28.4 Å². The van der Waals surface area contributed by atoms with Gasteiger partial charge in [0, 0.05) is 22.5 Å². The number of hydrogen-bond acceptors (Lipinski definition) is 11. The lowest BCUT2D eigenvalue weighted by Crippen LogP contribution is -2.14. The third kappa shape index (κ3) is 14.5. The third-order valence-corrected chi connectivity index (χ3v) is 11.8. The number of carboxylic acids is 2. The second-order valence-corrected chi connectivity index (χ2v) is 16.9. The molecule has 64 heavy (non-hydrogen) atoms.